The number of benzene rings is 2. The minimum absolute atomic E-state index is 0.0513. The van der Waals surface area contributed by atoms with Crippen LogP contribution in [-0.4, -0.2) is 12.5 Å². The third-order valence-corrected chi connectivity index (χ3v) is 3.69. The number of hydrogen-bond acceptors (Lipinski definition) is 2. The van der Waals surface area contributed by atoms with Crippen LogP contribution in [-0.2, 0) is 24.2 Å². The zero-order chi connectivity index (χ0) is 14.7. The zero-order valence-electron chi connectivity index (χ0n) is 12.2. The van der Waals surface area contributed by atoms with Crippen molar-refractivity contribution >= 4 is 5.91 Å². The SMILES string of the molecule is Cc1cccc(CNC(=O)Cc2ccc3c(c2)CCO3)c1. The van der Waals surface area contributed by atoms with Crippen LogP contribution in [0.5, 0.6) is 5.75 Å². The topological polar surface area (TPSA) is 38.3 Å². The molecule has 1 N–H and O–H groups in total. The molecule has 3 heteroatoms. The third kappa shape index (κ3) is 3.43. The molecule has 2 aromatic carbocycles. The minimum Gasteiger partial charge on any atom is -0.493 e. The van der Waals surface area contributed by atoms with E-state index in [4.69, 9.17) is 4.74 Å². The lowest BCUT2D eigenvalue weighted by Gasteiger charge is -2.07. The highest BCUT2D eigenvalue weighted by Crippen LogP contribution is 2.25. The number of carbonyl (C=O) groups excluding carboxylic acids is 1. The molecule has 2 aromatic rings. The van der Waals surface area contributed by atoms with E-state index in [9.17, 15) is 4.79 Å². The molecular formula is C18H19NO2. The highest BCUT2D eigenvalue weighted by Gasteiger charge is 2.13. The van der Waals surface area contributed by atoms with E-state index in [1.54, 1.807) is 0 Å². The van der Waals surface area contributed by atoms with Crippen molar-refractivity contribution in [3.63, 3.8) is 0 Å². The van der Waals surface area contributed by atoms with Crippen molar-refractivity contribution in [2.45, 2.75) is 26.3 Å². The van der Waals surface area contributed by atoms with E-state index < -0.39 is 0 Å². The maximum absolute atomic E-state index is 12.0. The minimum atomic E-state index is 0.0513. The highest BCUT2D eigenvalue weighted by molar-refractivity contribution is 5.78. The average molecular weight is 281 g/mol. The van der Waals surface area contributed by atoms with Crippen LogP contribution in [0.25, 0.3) is 0 Å². The number of rotatable bonds is 4. The van der Waals surface area contributed by atoms with Gasteiger partial charge in [0.05, 0.1) is 13.0 Å². The van der Waals surface area contributed by atoms with Crippen LogP contribution >= 0.6 is 0 Å². The van der Waals surface area contributed by atoms with Crippen molar-refractivity contribution in [3.8, 4) is 5.75 Å². The van der Waals surface area contributed by atoms with Gasteiger partial charge in [0.1, 0.15) is 5.75 Å². The Morgan fingerprint density at radius 3 is 2.95 bits per heavy atom. The Bertz CT molecular complexity index is 664. The molecule has 1 aliphatic heterocycles. The molecule has 3 rings (SSSR count). The molecule has 0 radical (unpaired) electrons. The monoisotopic (exact) mass is 281 g/mol. The number of fused-ring (bicyclic) bond motifs is 1. The molecule has 0 atom stereocenters. The average Bonchev–Trinajstić information content (AvgIpc) is 2.93. The summed E-state index contributed by atoms with van der Waals surface area (Å²) in [6, 6.07) is 14.2. The van der Waals surface area contributed by atoms with Crippen molar-refractivity contribution in [2.24, 2.45) is 0 Å². The standard InChI is InChI=1S/C18H19NO2/c1-13-3-2-4-15(9-13)12-19-18(20)11-14-5-6-17-16(10-14)7-8-21-17/h2-6,9-10H,7-8,11-12H2,1H3,(H,19,20). The van der Waals surface area contributed by atoms with E-state index in [1.165, 1.54) is 11.1 Å². The van der Waals surface area contributed by atoms with E-state index >= 15 is 0 Å². The van der Waals surface area contributed by atoms with Gasteiger partial charge in [0.15, 0.2) is 0 Å². The van der Waals surface area contributed by atoms with E-state index in [1.807, 2.05) is 24.3 Å². The van der Waals surface area contributed by atoms with Gasteiger partial charge >= 0.3 is 0 Å². The number of aryl methyl sites for hydroxylation is 1. The second-order valence-electron chi connectivity index (χ2n) is 5.48. The third-order valence-electron chi connectivity index (χ3n) is 3.69. The molecule has 0 unspecified atom stereocenters. The number of carbonyl (C=O) groups is 1. The number of ether oxygens (including phenoxy) is 1. The Kier molecular flexibility index (Phi) is 3.91. The van der Waals surface area contributed by atoms with Crippen LogP contribution in [0.3, 0.4) is 0 Å². The lowest BCUT2D eigenvalue weighted by atomic mass is 10.1. The van der Waals surface area contributed by atoms with Gasteiger partial charge in [-0.25, -0.2) is 0 Å². The smallest absolute Gasteiger partial charge is 0.224 e. The van der Waals surface area contributed by atoms with Crippen LogP contribution in [0.4, 0.5) is 0 Å². The van der Waals surface area contributed by atoms with Crippen molar-refractivity contribution in [1.82, 2.24) is 5.32 Å². The van der Waals surface area contributed by atoms with Crippen molar-refractivity contribution in [1.29, 1.82) is 0 Å². The molecule has 0 aliphatic carbocycles. The summed E-state index contributed by atoms with van der Waals surface area (Å²) >= 11 is 0. The number of nitrogens with one attached hydrogen (secondary N) is 1. The van der Waals surface area contributed by atoms with Gasteiger partial charge in [-0.05, 0) is 29.7 Å². The zero-order valence-corrected chi connectivity index (χ0v) is 12.2. The largest absolute Gasteiger partial charge is 0.493 e. The van der Waals surface area contributed by atoms with E-state index in [0.717, 1.165) is 29.9 Å². The first-order valence-corrected chi connectivity index (χ1v) is 7.27. The van der Waals surface area contributed by atoms with Crippen molar-refractivity contribution in [3.05, 3.63) is 64.7 Å². The molecule has 0 saturated carbocycles. The Balaban J connectivity index is 1.57. The lowest BCUT2D eigenvalue weighted by Crippen LogP contribution is -2.24. The molecular weight excluding hydrogens is 262 g/mol. The number of amides is 1. The summed E-state index contributed by atoms with van der Waals surface area (Å²) in [4.78, 5) is 12.0. The molecule has 0 fully saturated rings. The molecule has 1 aliphatic rings. The summed E-state index contributed by atoms with van der Waals surface area (Å²) in [5.74, 6) is 1.01. The Hall–Kier alpha value is -2.29. The molecule has 3 nitrogen and oxygen atoms in total. The van der Waals surface area contributed by atoms with E-state index in [2.05, 4.69) is 30.4 Å². The second kappa shape index (κ2) is 6.00. The van der Waals surface area contributed by atoms with Gasteiger partial charge < -0.3 is 10.1 Å². The summed E-state index contributed by atoms with van der Waals surface area (Å²) in [6.45, 7) is 3.38. The summed E-state index contributed by atoms with van der Waals surface area (Å²) < 4.78 is 5.47. The summed E-state index contributed by atoms with van der Waals surface area (Å²) in [7, 11) is 0. The van der Waals surface area contributed by atoms with Crippen LogP contribution in [0.2, 0.25) is 0 Å². The molecule has 0 bridgehead atoms. The van der Waals surface area contributed by atoms with Gasteiger partial charge in [0.2, 0.25) is 5.91 Å². The van der Waals surface area contributed by atoms with Gasteiger partial charge in [-0.2, -0.15) is 0 Å². The van der Waals surface area contributed by atoms with Gasteiger partial charge in [-0.3, -0.25) is 4.79 Å². The van der Waals surface area contributed by atoms with Crippen LogP contribution in [0.15, 0.2) is 42.5 Å². The molecule has 1 amide bonds. The fourth-order valence-electron chi connectivity index (χ4n) is 2.62. The van der Waals surface area contributed by atoms with Crippen molar-refractivity contribution in [2.75, 3.05) is 6.61 Å². The van der Waals surface area contributed by atoms with Crippen LogP contribution < -0.4 is 10.1 Å². The first kappa shape index (κ1) is 13.7. The van der Waals surface area contributed by atoms with Gasteiger partial charge in [-0.1, -0.05) is 42.0 Å². The predicted molar refractivity (Wildman–Crippen MR) is 82.4 cm³/mol. The first-order chi connectivity index (χ1) is 10.2. The lowest BCUT2D eigenvalue weighted by molar-refractivity contribution is -0.120. The predicted octanol–water partition coefficient (Wildman–Crippen LogP) is 2.79. The summed E-state index contributed by atoms with van der Waals surface area (Å²) in [5, 5.41) is 2.97. The highest BCUT2D eigenvalue weighted by atomic mass is 16.5. The molecule has 0 aromatic heterocycles. The number of hydrogen-bond donors (Lipinski definition) is 1. The van der Waals surface area contributed by atoms with Crippen LogP contribution in [0, 0.1) is 6.92 Å². The van der Waals surface area contributed by atoms with Gasteiger partial charge in [0, 0.05) is 13.0 Å². The quantitative estimate of drug-likeness (QED) is 0.936. The maximum atomic E-state index is 12.0. The van der Waals surface area contributed by atoms with Gasteiger partial charge in [0.25, 0.3) is 0 Å². The van der Waals surface area contributed by atoms with E-state index in [-0.39, 0.29) is 5.91 Å². The molecule has 0 saturated heterocycles. The fraction of sp³-hybridized carbons (Fsp3) is 0.278. The normalized spacial score (nSPS) is 12.6. The van der Waals surface area contributed by atoms with E-state index in [0.29, 0.717) is 13.0 Å². The van der Waals surface area contributed by atoms with Gasteiger partial charge in [-0.15, -0.1) is 0 Å². The first-order valence-electron chi connectivity index (χ1n) is 7.27. The van der Waals surface area contributed by atoms with Crippen molar-refractivity contribution < 1.29 is 9.53 Å². The summed E-state index contributed by atoms with van der Waals surface area (Å²) in [6.07, 6.45) is 1.35. The molecule has 21 heavy (non-hydrogen) atoms. The Morgan fingerprint density at radius 1 is 1.19 bits per heavy atom. The maximum Gasteiger partial charge on any atom is 0.224 e. The van der Waals surface area contributed by atoms with Crippen LogP contribution in [0.1, 0.15) is 22.3 Å². The molecule has 108 valence electrons. The Labute approximate surface area is 124 Å². The summed E-state index contributed by atoms with van der Waals surface area (Å²) in [5.41, 5.74) is 4.59. The molecule has 0 spiro atoms. The second-order valence-corrected chi connectivity index (χ2v) is 5.48. The fourth-order valence-corrected chi connectivity index (χ4v) is 2.62. The Morgan fingerprint density at radius 2 is 2.10 bits per heavy atom. The molecule has 1 heterocycles.